The molecule has 0 radical (unpaired) electrons. The number of benzene rings is 1. The van der Waals surface area contributed by atoms with Gasteiger partial charge in [0.1, 0.15) is 0 Å². The molecule has 0 fully saturated rings. The summed E-state index contributed by atoms with van der Waals surface area (Å²) in [7, 11) is 0. The second-order valence-corrected chi connectivity index (χ2v) is 5.17. The molecule has 1 heteroatoms. The molecule has 1 aromatic rings. The minimum Gasteiger partial charge on any atom is -0.322 e. The summed E-state index contributed by atoms with van der Waals surface area (Å²) in [4.78, 5) is 0. The molecule has 0 amide bonds. The van der Waals surface area contributed by atoms with E-state index in [9.17, 15) is 0 Å². The third-order valence-electron chi connectivity index (χ3n) is 3.54. The van der Waals surface area contributed by atoms with Crippen LogP contribution >= 0.6 is 0 Å². The Hall–Kier alpha value is -0.820. The maximum Gasteiger partial charge on any atom is 0.0383 e. The van der Waals surface area contributed by atoms with Crippen LogP contribution in [-0.2, 0) is 5.54 Å². The van der Waals surface area contributed by atoms with Gasteiger partial charge in [-0.1, -0.05) is 56.5 Å². The average molecular weight is 219 g/mol. The van der Waals surface area contributed by atoms with Gasteiger partial charge in [0, 0.05) is 5.54 Å². The Bertz CT molecular complexity index is 324. The van der Waals surface area contributed by atoms with Crippen molar-refractivity contribution < 1.29 is 0 Å². The van der Waals surface area contributed by atoms with Gasteiger partial charge in [0.2, 0.25) is 0 Å². The first-order valence-corrected chi connectivity index (χ1v) is 6.35. The summed E-state index contributed by atoms with van der Waals surface area (Å²) in [5.74, 6) is 0.732. The maximum atomic E-state index is 6.46. The zero-order valence-corrected chi connectivity index (χ0v) is 11.1. The molecule has 1 unspecified atom stereocenters. The van der Waals surface area contributed by atoms with Crippen molar-refractivity contribution in [1.82, 2.24) is 0 Å². The molecule has 0 bridgehead atoms. The smallest absolute Gasteiger partial charge is 0.0383 e. The van der Waals surface area contributed by atoms with E-state index >= 15 is 0 Å². The molecule has 90 valence electrons. The Morgan fingerprint density at radius 1 is 1.25 bits per heavy atom. The Morgan fingerprint density at radius 3 is 2.38 bits per heavy atom. The molecule has 1 atom stereocenters. The number of hydrogen-bond donors (Lipinski definition) is 1. The molecular weight excluding hydrogens is 194 g/mol. The molecule has 0 aliphatic carbocycles. The predicted molar refractivity (Wildman–Crippen MR) is 71.4 cm³/mol. The average Bonchev–Trinajstić information content (AvgIpc) is 2.26. The van der Waals surface area contributed by atoms with Crippen molar-refractivity contribution in [2.24, 2.45) is 11.7 Å². The van der Waals surface area contributed by atoms with Gasteiger partial charge in [-0.15, -0.1) is 0 Å². The summed E-state index contributed by atoms with van der Waals surface area (Å²) < 4.78 is 0. The van der Waals surface area contributed by atoms with E-state index in [4.69, 9.17) is 5.73 Å². The van der Waals surface area contributed by atoms with Crippen LogP contribution in [0.25, 0.3) is 0 Å². The molecule has 1 nitrogen and oxygen atoms in total. The normalized spacial score (nSPS) is 15.1. The lowest BCUT2D eigenvalue weighted by atomic mass is 9.81. The summed E-state index contributed by atoms with van der Waals surface area (Å²) in [6.45, 7) is 8.78. The van der Waals surface area contributed by atoms with Crippen LogP contribution in [0.4, 0.5) is 0 Å². The highest BCUT2D eigenvalue weighted by Crippen LogP contribution is 2.29. The molecule has 0 heterocycles. The zero-order chi connectivity index (χ0) is 12.2. The summed E-state index contributed by atoms with van der Waals surface area (Å²) in [5.41, 5.74) is 8.82. The van der Waals surface area contributed by atoms with E-state index in [-0.39, 0.29) is 5.54 Å². The van der Waals surface area contributed by atoms with E-state index in [1.165, 1.54) is 24.0 Å². The zero-order valence-electron chi connectivity index (χ0n) is 11.1. The highest BCUT2D eigenvalue weighted by atomic mass is 14.7. The van der Waals surface area contributed by atoms with Crippen molar-refractivity contribution in [2.45, 2.75) is 52.5 Å². The Kier molecular flexibility index (Phi) is 4.55. The summed E-state index contributed by atoms with van der Waals surface area (Å²) in [6.07, 6.45) is 3.51. The summed E-state index contributed by atoms with van der Waals surface area (Å²) in [6, 6.07) is 8.58. The quantitative estimate of drug-likeness (QED) is 0.796. The molecular formula is C15H25N. The van der Waals surface area contributed by atoms with E-state index in [0.717, 1.165) is 12.3 Å². The number of aryl methyl sites for hydroxylation is 1. The molecule has 0 saturated heterocycles. The van der Waals surface area contributed by atoms with Crippen LogP contribution in [0.1, 0.15) is 51.2 Å². The SMILES string of the molecule is CCC(CC)CC(C)(N)c1cccc(C)c1. The lowest BCUT2D eigenvalue weighted by Gasteiger charge is -2.29. The third-order valence-corrected chi connectivity index (χ3v) is 3.54. The van der Waals surface area contributed by atoms with Crippen molar-refractivity contribution >= 4 is 0 Å². The van der Waals surface area contributed by atoms with E-state index in [1.54, 1.807) is 0 Å². The molecule has 0 aliphatic heterocycles. The monoisotopic (exact) mass is 219 g/mol. The van der Waals surface area contributed by atoms with Crippen LogP contribution in [0, 0.1) is 12.8 Å². The van der Waals surface area contributed by atoms with E-state index < -0.39 is 0 Å². The lowest BCUT2D eigenvalue weighted by Crippen LogP contribution is -2.35. The van der Waals surface area contributed by atoms with E-state index in [2.05, 4.69) is 52.0 Å². The molecule has 1 aromatic carbocycles. The Labute approximate surface area is 100 Å². The molecule has 16 heavy (non-hydrogen) atoms. The highest BCUT2D eigenvalue weighted by Gasteiger charge is 2.24. The van der Waals surface area contributed by atoms with Crippen molar-refractivity contribution in [3.8, 4) is 0 Å². The van der Waals surface area contributed by atoms with Gasteiger partial charge >= 0.3 is 0 Å². The van der Waals surface area contributed by atoms with E-state index in [0.29, 0.717) is 0 Å². The molecule has 0 spiro atoms. The predicted octanol–water partition coefficient (Wildman–Crippen LogP) is 4.00. The van der Waals surface area contributed by atoms with Crippen LogP contribution in [0.3, 0.4) is 0 Å². The molecule has 2 N–H and O–H groups in total. The van der Waals surface area contributed by atoms with E-state index in [1.807, 2.05) is 0 Å². The first-order chi connectivity index (χ1) is 7.49. The van der Waals surface area contributed by atoms with Crippen LogP contribution in [0.15, 0.2) is 24.3 Å². The number of nitrogens with two attached hydrogens (primary N) is 1. The van der Waals surface area contributed by atoms with Gasteiger partial charge in [-0.3, -0.25) is 0 Å². The van der Waals surface area contributed by atoms with Crippen LogP contribution in [-0.4, -0.2) is 0 Å². The second kappa shape index (κ2) is 5.49. The lowest BCUT2D eigenvalue weighted by molar-refractivity contribution is 0.329. The topological polar surface area (TPSA) is 26.0 Å². The summed E-state index contributed by atoms with van der Waals surface area (Å²) in [5, 5.41) is 0. The molecule has 1 rings (SSSR count). The van der Waals surface area contributed by atoms with Crippen molar-refractivity contribution in [3.63, 3.8) is 0 Å². The van der Waals surface area contributed by atoms with Gasteiger partial charge in [-0.25, -0.2) is 0 Å². The molecule has 0 saturated carbocycles. The van der Waals surface area contributed by atoms with Gasteiger partial charge in [0.25, 0.3) is 0 Å². The summed E-state index contributed by atoms with van der Waals surface area (Å²) >= 11 is 0. The minimum atomic E-state index is -0.192. The Balaban J connectivity index is 2.84. The first-order valence-electron chi connectivity index (χ1n) is 6.35. The molecule has 0 aromatic heterocycles. The third kappa shape index (κ3) is 3.34. The van der Waals surface area contributed by atoms with Gasteiger partial charge in [0.15, 0.2) is 0 Å². The van der Waals surface area contributed by atoms with Gasteiger partial charge in [-0.05, 0) is 31.7 Å². The standard InChI is InChI=1S/C15H25N/c1-5-13(6-2)11-15(4,16)14-9-7-8-12(3)10-14/h7-10,13H,5-6,11,16H2,1-4H3. The minimum absolute atomic E-state index is 0.192. The van der Waals surface area contributed by atoms with Crippen LogP contribution < -0.4 is 5.73 Å². The van der Waals surface area contributed by atoms with Crippen molar-refractivity contribution in [3.05, 3.63) is 35.4 Å². The highest BCUT2D eigenvalue weighted by molar-refractivity contribution is 5.28. The fourth-order valence-electron chi connectivity index (χ4n) is 2.30. The Morgan fingerprint density at radius 2 is 1.88 bits per heavy atom. The van der Waals surface area contributed by atoms with Crippen LogP contribution in [0.2, 0.25) is 0 Å². The largest absolute Gasteiger partial charge is 0.322 e. The maximum absolute atomic E-state index is 6.46. The van der Waals surface area contributed by atoms with Gasteiger partial charge in [-0.2, -0.15) is 0 Å². The van der Waals surface area contributed by atoms with Crippen molar-refractivity contribution in [1.29, 1.82) is 0 Å². The number of hydrogen-bond acceptors (Lipinski definition) is 1. The van der Waals surface area contributed by atoms with Crippen LogP contribution in [0.5, 0.6) is 0 Å². The van der Waals surface area contributed by atoms with Gasteiger partial charge in [0.05, 0.1) is 0 Å². The first kappa shape index (κ1) is 13.2. The number of rotatable bonds is 5. The fourth-order valence-corrected chi connectivity index (χ4v) is 2.30. The second-order valence-electron chi connectivity index (χ2n) is 5.17. The molecule has 0 aliphatic rings. The van der Waals surface area contributed by atoms with Gasteiger partial charge < -0.3 is 5.73 Å². The van der Waals surface area contributed by atoms with Crippen molar-refractivity contribution in [2.75, 3.05) is 0 Å². The fraction of sp³-hybridized carbons (Fsp3) is 0.600.